The Morgan fingerprint density at radius 3 is 2.42 bits per heavy atom. The molecule has 0 spiro atoms. The first-order valence-electron chi connectivity index (χ1n) is 10.3. The molecule has 1 aliphatic rings. The number of likely N-dealkylation sites (tertiary alicyclic amines) is 1. The second kappa shape index (κ2) is 9.98. The smallest absolute Gasteiger partial charge is 0.295 e. The summed E-state index contributed by atoms with van der Waals surface area (Å²) in [7, 11) is 1.56. The van der Waals surface area contributed by atoms with Crippen LogP contribution in [-0.2, 0) is 9.59 Å². The summed E-state index contributed by atoms with van der Waals surface area (Å²) in [6.07, 6.45) is 0. The number of hydrogen-bond donors (Lipinski definition) is 1. The molecule has 2 aromatic rings. The van der Waals surface area contributed by atoms with Gasteiger partial charge in [-0.25, -0.2) is 0 Å². The van der Waals surface area contributed by atoms with E-state index in [1.807, 2.05) is 6.07 Å². The Bertz CT molecular complexity index is 983. The number of benzene rings is 2. The van der Waals surface area contributed by atoms with Gasteiger partial charge in [0.25, 0.3) is 11.7 Å². The molecule has 7 heteroatoms. The Kier molecular flexibility index (Phi) is 7.36. The molecule has 0 aromatic heterocycles. The van der Waals surface area contributed by atoms with E-state index in [4.69, 9.17) is 16.3 Å². The molecule has 1 fully saturated rings. The molecule has 0 bridgehead atoms. The lowest BCUT2D eigenvalue weighted by Crippen LogP contribution is -2.38. The molecule has 1 N–H and O–H groups in total. The number of Topliss-reactive ketones (excluding diaryl/α,β-unsaturated/α-hetero) is 1. The summed E-state index contributed by atoms with van der Waals surface area (Å²) >= 11 is 5.96. The number of carbonyl (C=O) groups is 2. The maximum atomic E-state index is 13.0. The topological polar surface area (TPSA) is 70.1 Å². The second-order valence-corrected chi connectivity index (χ2v) is 7.74. The molecule has 0 aliphatic carbocycles. The van der Waals surface area contributed by atoms with Crippen LogP contribution in [0.25, 0.3) is 5.76 Å². The molecule has 6 nitrogen and oxygen atoms in total. The molecule has 1 saturated heterocycles. The van der Waals surface area contributed by atoms with E-state index in [-0.39, 0.29) is 11.3 Å². The number of hydrogen-bond acceptors (Lipinski definition) is 5. The average Bonchev–Trinajstić information content (AvgIpc) is 3.04. The average molecular weight is 443 g/mol. The number of methoxy groups -OCH3 is 1. The van der Waals surface area contributed by atoms with Crippen LogP contribution in [0.3, 0.4) is 0 Å². The Morgan fingerprint density at radius 2 is 1.81 bits per heavy atom. The number of ether oxygens (including phenoxy) is 1. The zero-order valence-electron chi connectivity index (χ0n) is 18.0. The summed E-state index contributed by atoms with van der Waals surface area (Å²) in [5, 5.41) is 11.6. The maximum absolute atomic E-state index is 13.0. The molecular formula is C24H27ClN2O4. The lowest BCUT2D eigenvalue weighted by Gasteiger charge is -2.28. The zero-order valence-corrected chi connectivity index (χ0v) is 18.7. The number of aliphatic hydroxyl groups is 1. The van der Waals surface area contributed by atoms with Gasteiger partial charge in [0.2, 0.25) is 0 Å². The van der Waals surface area contributed by atoms with Crippen molar-refractivity contribution < 1.29 is 19.4 Å². The van der Waals surface area contributed by atoms with E-state index in [0.717, 1.165) is 13.1 Å². The highest BCUT2D eigenvalue weighted by atomic mass is 35.5. The van der Waals surface area contributed by atoms with Crippen molar-refractivity contribution in [3.05, 3.63) is 70.3 Å². The number of halogens is 1. The van der Waals surface area contributed by atoms with Crippen molar-refractivity contribution in [2.45, 2.75) is 19.9 Å². The summed E-state index contributed by atoms with van der Waals surface area (Å²) in [6.45, 7) is 6.78. The van der Waals surface area contributed by atoms with Gasteiger partial charge in [-0.15, -0.1) is 0 Å². The van der Waals surface area contributed by atoms with Crippen LogP contribution in [0.5, 0.6) is 5.75 Å². The largest absolute Gasteiger partial charge is 0.507 e. The van der Waals surface area contributed by atoms with Gasteiger partial charge in [0.15, 0.2) is 0 Å². The molecule has 0 radical (unpaired) electrons. The van der Waals surface area contributed by atoms with E-state index in [1.165, 1.54) is 4.90 Å². The van der Waals surface area contributed by atoms with Crippen molar-refractivity contribution in [1.82, 2.24) is 9.80 Å². The van der Waals surface area contributed by atoms with Crippen molar-refractivity contribution in [1.29, 1.82) is 0 Å². The molecule has 1 unspecified atom stereocenters. The number of rotatable bonds is 8. The third kappa shape index (κ3) is 4.75. The number of ketones is 1. The first kappa shape index (κ1) is 22.8. The van der Waals surface area contributed by atoms with Gasteiger partial charge in [-0.3, -0.25) is 9.59 Å². The van der Waals surface area contributed by atoms with Crippen LogP contribution in [0.4, 0.5) is 0 Å². The molecule has 2 aromatic carbocycles. The van der Waals surface area contributed by atoms with Crippen LogP contribution in [0.15, 0.2) is 54.1 Å². The monoisotopic (exact) mass is 442 g/mol. The van der Waals surface area contributed by atoms with Gasteiger partial charge in [-0.1, -0.05) is 37.6 Å². The van der Waals surface area contributed by atoms with Crippen LogP contribution < -0.4 is 4.74 Å². The van der Waals surface area contributed by atoms with Crippen molar-refractivity contribution in [3.63, 3.8) is 0 Å². The highest BCUT2D eigenvalue weighted by Gasteiger charge is 2.46. The van der Waals surface area contributed by atoms with E-state index >= 15 is 0 Å². The van der Waals surface area contributed by atoms with Crippen LogP contribution in [-0.4, -0.2) is 59.9 Å². The first-order chi connectivity index (χ1) is 14.9. The standard InChI is InChI=1S/C24H27ClN2O4/c1-4-26(5-2)13-14-27-21(17-7-6-8-19(15-17)31-3)20(23(29)24(27)30)22(28)16-9-11-18(25)12-10-16/h6-12,15,21,28H,4-5,13-14H2,1-3H3/b22-20+. The van der Waals surface area contributed by atoms with E-state index in [9.17, 15) is 14.7 Å². The van der Waals surface area contributed by atoms with E-state index in [0.29, 0.717) is 35.0 Å². The predicted molar refractivity (Wildman–Crippen MR) is 121 cm³/mol. The third-order valence-electron chi connectivity index (χ3n) is 5.62. The van der Waals surface area contributed by atoms with E-state index in [1.54, 1.807) is 49.6 Å². The molecule has 1 heterocycles. The molecule has 1 atom stereocenters. The maximum Gasteiger partial charge on any atom is 0.295 e. The zero-order chi connectivity index (χ0) is 22.5. The number of aliphatic hydroxyl groups excluding tert-OH is 1. The third-order valence-corrected chi connectivity index (χ3v) is 5.87. The normalized spacial score (nSPS) is 18.1. The van der Waals surface area contributed by atoms with Crippen molar-refractivity contribution in [2.24, 2.45) is 0 Å². The summed E-state index contributed by atoms with van der Waals surface area (Å²) in [6, 6.07) is 13.0. The van der Waals surface area contributed by atoms with Crippen molar-refractivity contribution >= 4 is 29.1 Å². The Morgan fingerprint density at radius 1 is 1.13 bits per heavy atom. The summed E-state index contributed by atoms with van der Waals surface area (Å²) < 4.78 is 5.34. The molecular weight excluding hydrogens is 416 g/mol. The minimum Gasteiger partial charge on any atom is -0.507 e. The molecule has 1 amide bonds. The fourth-order valence-electron chi connectivity index (χ4n) is 3.82. The molecule has 1 aliphatic heterocycles. The fraction of sp³-hybridized carbons (Fsp3) is 0.333. The van der Waals surface area contributed by atoms with Crippen LogP contribution >= 0.6 is 11.6 Å². The summed E-state index contributed by atoms with van der Waals surface area (Å²) in [4.78, 5) is 29.8. The van der Waals surface area contributed by atoms with Gasteiger partial charge in [0.05, 0.1) is 18.7 Å². The van der Waals surface area contributed by atoms with Gasteiger partial charge < -0.3 is 19.6 Å². The minimum absolute atomic E-state index is 0.0696. The highest BCUT2D eigenvalue weighted by molar-refractivity contribution is 6.46. The van der Waals surface area contributed by atoms with Crippen molar-refractivity contribution in [3.8, 4) is 5.75 Å². The van der Waals surface area contributed by atoms with Gasteiger partial charge in [0.1, 0.15) is 11.5 Å². The first-order valence-corrected chi connectivity index (χ1v) is 10.7. The van der Waals surface area contributed by atoms with E-state index < -0.39 is 17.7 Å². The van der Waals surface area contributed by atoms with Gasteiger partial charge in [0, 0.05) is 23.7 Å². The minimum atomic E-state index is -0.707. The number of amides is 1. The summed E-state index contributed by atoms with van der Waals surface area (Å²) in [5.41, 5.74) is 1.20. The van der Waals surface area contributed by atoms with Crippen molar-refractivity contribution in [2.75, 3.05) is 33.3 Å². The van der Waals surface area contributed by atoms with Crippen LogP contribution in [0, 0.1) is 0 Å². The number of likely N-dealkylation sites (N-methyl/N-ethyl adjacent to an activating group) is 1. The lowest BCUT2D eigenvalue weighted by atomic mass is 9.95. The molecule has 31 heavy (non-hydrogen) atoms. The molecule has 3 rings (SSSR count). The Balaban J connectivity index is 2.11. The second-order valence-electron chi connectivity index (χ2n) is 7.30. The SMILES string of the molecule is CCN(CC)CCN1C(=O)C(=O)/C(=C(/O)c2ccc(Cl)cc2)C1c1cccc(OC)c1. The van der Waals surface area contributed by atoms with Crippen LogP contribution in [0.1, 0.15) is 31.0 Å². The Labute approximate surface area is 187 Å². The highest BCUT2D eigenvalue weighted by Crippen LogP contribution is 2.40. The molecule has 164 valence electrons. The predicted octanol–water partition coefficient (Wildman–Crippen LogP) is 4.11. The Hall–Kier alpha value is -2.83. The lowest BCUT2D eigenvalue weighted by molar-refractivity contribution is -0.140. The van der Waals surface area contributed by atoms with Gasteiger partial charge in [-0.05, 0) is 55.1 Å². The van der Waals surface area contributed by atoms with Gasteiger partial charge >= 0.3 is 0 Å². The molecule has 0 saturated carbocycles. The summed E-state index contributed by atoms with van der Waals surface area (Å²) in [5.74, 6) is -0.915. The number of nitrogens with zero attached hydrogens (tertiary/aromatic N) is 2. The fourth-order valence-corrected chi connectivity index (χ4v) is 3.95. The van der Waals surface area contributed by atoms with E-state index in [2.05, 4.69) is 18.7 Å². The van der Waals surface area contributed by atoms with Crippen LogP contribution in [0.2, 0.25) is 5.02 Å². The quantitative estimate of drug-likeness (QED) is 0.378. The number of carbonyl (C=O) groups excluding carboxylic acids is 2. The van der Waals surface area contributed by atoms with Gasteiger partial charge in [-0.2, -0.15) is 0 Å².